The number of guanidine groups is 1. The van der Waals surface area contributed by atoms with Gasteiger partial charge in [-0.15, -0.1) is 24.0 Å². The highest BCUT2D eigenvalue weighted by Crippen LogP contribution is 2.34. The lowest BCUT2D eigenvalue weighted by Crippen LogP contribution is -2.39. The summed E-state index contributed by atoms with van der Waals surface area (Å²) in [6.07, 6.45) is 1.66. The van der Waals surface area contributed by atoms with Crippen LogP contribution in [0.1, 0.15) is 12.0 Å². The molecule has 25 heavy (non-hydrogen) atoms. The maximum atomic E-state index is 5.46. The first-order chi connectivity index (χ1) is 11.7. The smallest absolute Gasteiger partial charge is 0.190 e. The summed E-state index contributed by atoms with van der Waals surface area (Å²) in [4.78, 5) is 4.20. The van der Waals surface area contributed by atoms with Crippen LogP contribution in [0.25, 0.3) is 0 Å². The van der Waals surface area contributed by atoms with Crippen LogP contribution in [0.5, 0.6) is 17.2 Å². The number of hydrogen-bond donors (Lipinski definition) is 2. The second kappa shape index (κ2) is 13.8. The molecule has 144 valence electrons. The number of ether oxygens (including phenoxy) is 4. The molecule has 0 heterocycles. The maximum absolute atomic E-state index is 5.46. The minimum absolute atomic E-state index is 0. The summed E-state index contributed by atoms with van der Waals surface area (Å²) in [5.41, 5.74) is 0.989. The molecule has 0 spiro atoms. The molecule has 0 amide bonds. The molecule has 0 radical (unpaired) electrons. The van der Waals surface area contributed by atoms with Crippen molar-refractivity contribution in [2.24, 2.45) is 4.99 Å². The minimum atomic E-state index is 0. The zero-order valence-electron chi connectivity index (χ0n) is 15.7. The summed E-state index contributed by atoms with van der Waals surface area (Å²) in [6.45, 7) is 2.23. The van der Waals surface area contributed by atoms with E-state index in [1.807, 2.05) is 12.1 Å². The first-order valence-electron chi connectivity index (χ1n) is 7.92. The number of hydrogen-bond acceptors (Lipinski definition) is 5. The van der Waals surface area contributed by atoms with Crippen LogP contribution in [0.4, 0.5) is 0 Å². The predicted octanol–water partition coefficient (Wildman–Crippen LogP) is 2.07. The zero-order valence-corrected chi connectivity index (χ0v) is 18.0. The Morgan fingerprint density at radius 1 is 0.960 bits per heavy atom. The summed E-state index contributed by atoms with van der Waals surface area (Å²) in [6, 6.07) is 3.71. The van der Waals surface area contributed by atoms with Gasteiger partial charge < -0.3 is 29.6 Å². The van der Waals surface area contributed by atoms with E-state index in [1.54, 1.807) is 35.5 Å². The first kappa shape index (κ1) is 23.6. The van der Waals surface area contributed by atoms with Gasteiger partial charge in [0.1, 0.15) is 17.2 Å². The highest BCUT2D eigenvalue weighted by Gasteiger charge is 2.13. The molecule has 0 aromatic heterocycles. The van der Waals surface area contributed by atoms with Gasteiger partial charge in [0.05, 0.1) is 21.3 Å². The van der Waals surface area contributed by atoms with Gasteiger partial charge in [-0.2, -0.15) is 0 Å². The first-order valence-corrected chi connectivity index (χ1v) is 7.92. The molecule has 2 N–H and O–H groups in total. The summed E-state index contributed by atoms with van der Waals surface area (Å²) in [5.74, 6) is 2.96. The number of halogens is 1. The van der Waals surface area contributed by atoms with E-state index in [4.69, 9.17) is 18.9 Å². The van der Waals surface area contributed by atoms with Crippen LogP contribution >= 0.6 is 24.0 Å². The standard InChI is InChI=1S/C17H29N3O4.HI/c1-18-17(19-8-6-10-21-2)20-9-7-14-15(23-4)11-13(22-3)12-16(14)24-5;/h11-12H,6-10H2,1-5H3,(H2,18,19,20);1H. The van der Waals surface area contributed by atoms with Crippen LogP contribution in [0.2, 0.25) is 0 Å². The Balaban J connectivity index is 0.00000576. The molecular weight excluding hydrogens is 437 g/mol. The molecule has 0 bridgehead atoms. The van der Waals surface area contributed by atoms with E-state index in [9.17, 15) is 0 Å². The Morgan fingerprint density at radius 3 is 2.04 bits per heavy atom. The maximum Gasteiger partial charge on any atom is 0.190 e. The number of nitrogens with one attached hydrogen (secondary N) is 2. The van der Waals surface area contributed by atoms with Gasteiger partial charge in [-0.05, 0) is 12.8 Å². The van der Waals surface area contributed by atoms with E-state index in [1.165, 1.54) is 0 Å². The third kappa shape index (κ3) is 8.00. The van der Waals surface area contributed by atoms with Crippen molar-refractivity contribution in [1.82, 2.24) is 10.6 Å². The van der Waals surface area contributed by atoms with Crippen molar-refractivity contribution in [3.05, 3.63) is 17.7 Å². The number of aliphatic imine (C=N–C) groups is 1. The molecule has 7 nitrogen and oxygen atoms in total. The van der Waals surface area contributed by atoms with Crippen molar-refractivity contribution < 1.29 is 18.9 Å². The SMILES string of the molecule is CN=C(NCCCOC)NCCc1c(OC)cc(OC)cc1OC.I. The van der Waals surface area contributed by atoms with Crippen LogP contribution in [-0.2, 0) is 11.2 Å². The fraction of sp³-hybridized carbons (Fsp3) is 0.588. The molecule has 0 aliphatic rings. The van der Waals surface area contributed by atoms with Gasteiger partial charge >= 0.3 is 0 Å². The fourth-order valence-corrected chi connectivity index (χ4v) is 2.27. The van der Waals surface area contributed by atoms with Crippen molar-refractivity contribution in [1.29, 1.82) is 0 Å². The lowest BCUT2D eigenvalue weighted by Gasteiger charge is -2.16. The van der Waals surface area contributed by atoms with Crippen LogP contribution in [0.3, 0.4) is 0 Å². The second-order valence-corrected chi connectivity index (χ2v) is 5.03. The van der Waals surface area contributed by atoms with E-state index < -0.39 is 0 Å². The predicted molar refractivity (Wildman–Crippen MR) is 111 cm³/mol. The summed E-state index contributed by atoms with van der Waals surface area (Å²) >= 11 is 0. The van der Waals surface area contributed by atoms with Crippen molar-refractivity contribution in [2.75, 3.05) is 55.2 Å². The van der Waals surface area contributed by atoms with Gasteiger partial charge in [0, 0.05) is 51.6 Å². The van der Waals surface area contributed by atoms with Crippen molar-refractivity contribution in [2.45, 2.75) is 12.8 Å². The Morgan fingerprint density at radius 2 is 1.56 bits per heavy atom. The molecule has 0 saturated heterocycles. The Hall–Kier alpha value is -1.42. The molecule has 0 aliphatic carbocycles. The highest BCUT2D eigenvalue weighted by molar-refractivity contribution is 14.0. The number of methoxy groups -OCH3 is 4. The Labute approximate surface area is 167 Å². The second-order valence-electron chi connectivity index (χ2n) is 5.03. The van der Waals surface area contributed by atoms with Crippen LogP contribution in [0.15, 0.2) is 17.1 Å². The molecule has 0 saturated carbocycles. The molecule has 0 unspecified atom stereocenters. The molecule has 1 aromatic carbocycles. The summed E-state index contributed by atoms with van der Waals surface area (Å²) < 4.78 is 21.2. The van der Waals surface area contributed by atoms with Gasteiger partial charge in [0.15, 0.2) is 5.96 Å². The van der Waals surface area contributed by atoms with Crippen molar-refractivity contribution in [3.8, 4) is 17.2 Å². The molecule has 1 rings (SSSR count). The van der Waals surface area contributed by atoms with Gasteiger partial charge in [0.2, 0.25) is 0 Å². The molecule has 0 fully saturated rings. The quantitative estimate of drug-likeness (QED) is 0.238. The number of benzene rings is 1. The highest BCUT2D eigenvalue weighted by atomic mass is 127. The van der Waals surface area contributed by atoms with Gasteiger partial charge in [0.25, 0.3) is 0 Å². The van der Waals surface area contributed by atoms with Crippen LogP contribution in [0, 0.1) is 0 Å². The lowest BCUT2D eigenvalue weighted by atomic mass is 10.1. The van der Waals surface area contributed by atoms with E-state index in [0.29, 0.717) is 12.3 Å². The van der Waals surface area contributed by atoms with Gasteiger partial charge in [-0.25, -0.2) is 0 Å². The largest absolute Gasteiger partial charge is 0.496 e. The number of rotatable bonds is 10. The molecule has 1 aromatic rings. The average molecular weight is 467 g/mol. The van der Waals surface area contributed by atoms with Crippen molar-refractivity contribution >= 4 is 29.9 Å². The zero-order chi connectivity index (χ0) is 17.8. The van der Waals surface area contributed by atoms with E-state index >= 15 is 0 Å². The lowest BCUT2D eigenvalue weighted by molar-refractivity contribution is 0.195. The van der Waals surface area contributed by atoms with Crippen LogP contribution in [-0.4, -0.2) is 61.1 Å². The molecule has 8 heteroatoms. The van der Waals surface area contributed by atoms with Crippen LogP contribution < -0.4 is 24.8 Å². The third-order valence-electron chi connectivity index (χ3n) is 3.53. The molecule has 0 aliphatic heterocycles. The van der Waals surface area contributed by atoms with Gasteiger partial charge in [-0.3, -0.25) is 4.99 Å². The minimum Gasteiger partial charge on any atom is -0.496 e. The normalized spacial score (nSPS) is 10.7. The van der Waals surface area contributed by atoms with E-state index in [-0.39, 0.29) is 24.0 Å². The summed E-state index contributed by atoms with van der Waals surface area (Å²) in [5, 5.41) is 6.52. The molecule has 0 atom stereocenters. The monoisotopic (exact) mass is 467 g/mol. The van der Waals surface area contributed by atoms with E-state index in [0.717, 1.165) is 49.0 Å². The van der Waals surface area contributed by atoms with Crippen molar-refractivity contribution in [3.63, 3.8) is 0 Å². The fourth-order valence-electron chi connectivity index (χ4n) is 2.27. The average Bonchev–Trinajstić information content (AvgIpc) is 2.63. The van der Waals surface area contributed by atoms with Gasteiger partial charge in [-0.1, -0.05) is 0 Å². The number of nitrogens with zero attached hydrogens (tertiary/aromatic N) is 1. The third-order valence-corrected chi connectivity index (χ3v) is 3.53. The summed E-state index contributed by atoms with van der Waals surface area (Å²) in [7, 11) is 8.35. The topological polar surface area (TPSA) is 73.3 Å². The Bertz CT molecular complexity index is 502. The molecular formula is C17H30IN3O4. The Kier molecular flexibility index (Phi) is 13.0. The van der Waals surface area contributed by atoms with E-state index in [2.05, 4.69) is 15.6 Å².